The molecule has 86 valence electrons. The maximum absolute atomic E-state index is 4.11. The maximum Gasteiger partial charge on any atom is 0.0992 e. The lowest BCUT2D eigenvalue weighted by atomic mass is 10.1. The minimum atomic E-state index is 1.13. The monoisotopic (exact) mass is 233 g/mol. The predicted molar refractivity (Wildman–Crippen MR) is 72.9 cm³/mol. The fourth-order valence-electron chi connectivity index (χ4n) is 2.47. The van der Waals surface area contributed by atoms with E-state index in [1.165, 1.54) is 16.3 Å². The Morgan fingerprint density at radius 2 is 1.83 bits per heavy atom. The number of hydrogen-bond acceptors (Lipinski definition) is 1. The second kappa shape index (κ2) is 3.47. The minimum Gasteiger partial charge on any atom is -0.353 e. The minimum absolute atomic E-state index is 1.13. The Balaban J connectivity index is 2.17. The van der Waals surface area contributed by atoms with Crippen molar-refractivity contribution in [3.63, 3.8) is 0 Å². The summed E-state index contributed by atoms with van der Waals surface area (Å²) < 4.78 is 2.03. The zero-order valence-corrected chi connectivity index (χ0v) is 9.67. The first-order chi connectivity index (χ1) is 8.93. The van der Waals surface area contributed by atoms with E-state index in [4.69, 9.17) is 0 Å². The summed E-state index contributed by atoms with van der Waals surface area (Å²) in [6.45, 7) is 0. The van der Waals surface area contributed by atoms with Gasteiger partial charge in [0, 0.05) is 28.7 Å². The average molecular weight is 233 g/mol. The van der Waals surface area contributed by atoms with Gasteiger partial charge in [-0.05, 0) is 12.1 Å². The van der Waals surface area contributed by atoms with Gasteiger partial charge in [0.15, 0.2) is 0 Å². The molecule has 0 aliphatic rings. The van der Waals surface area contributed by atoms with Crippen LogP contribution in [0.4, 0.5) is 0 Å². The molecule has 0 aliphatic carbocycles. The molecule has 0 unspecified atom stereocenters. The third-order valence-electron chi connectivity index (χ3n) is 3.30. The summed E-state index contributed by atoms with van der Waals surface area (Å²) in [4.78, 5) is 7.59. The normalized spacial score (nSPS) is 11.3. The Morgan fingerprint density at radius 3 is 2.72 bits per heavy atom. The molecule has 0 saturated carbocycles. The summed E-state index contributed by atoms with van der Waals surface area (Å²) in [6.07, 6.45) is 5.57. The van der Waals surface area contributed by atoms with Gasteiger partial charge in [-0.15, -0.1) is 0 Å². The summed E-state index contributed by atoms with van der Waals surface area (Å²) in [7, 11) is 0. The van der Waals surface area contributed by atoms with E-state index in [0.717, 1.165) is 11.2 Å². The number of para-hydroxylation sites is 2. The van der Waals surface area contributed by atoms with Crippen molar-refractivity contribution in [1.29, 1.82) is 0 Å². The van der Waals surface area contributed by atoms with Crippen LogP contribution < -0.4 is 0 Å². The molecule has 3 nitrogen and oxygen atoms in total. The Kier molecular flexibility index (Phi) is 1.83. The van der Waals surface area contributed by atoms with Crippen LogP contribution in [-0.2, 0) is 0 Å². The van der Waals surface area contributed by atoms with Crippen LogP contribution in [-0.4, -0.2) is 14.5 Å². The van der Waals surface area contributed by atoms with Gasteiger partial charge in [0.25, 0.3) is 0 Å². The van der Waals surface area contributed by atoms with Gasteiger partial charge < -0.3 is 9.55 Å². The lowest BCUT2D eigenvalue weighted by Crippen LogP contribution is -1.90. The molecular weight excluding hydrogens is 222 g/mol. The summed E-state index contributed by atoms with van der Waals surface area (Å²) in [5, 5.41) is 2.51. The molecule has 2 heterocycles. The highest BCUT2D eigenvalue weighted by Crippen LogP contribution is 2.28. The Labute approximate surface area is 104 Å². The van der Waals surface area contributed by atoms with Crippen molar-refractivity contribution in [3.8, 4) is 5.69 Å². The predicted octanol–water partition coefficient (Wildman–Crippen LogP) is 3.51. The van der Waals surface area contributed by atoms with E-state index in [9.17, 15) is 0 Å². The van der Waals surface area contributed by atoms with Gasteiger partial charge in [-0.1, -0.05) is 30.3 Å². The number of nitrogens with one attached hydrogen (secondary N) is 1. The molecule has 0 fully saturated rings. The van der Waals surface area contributed by atoms with Gasteiger partial charge in [0.1, 0.15) is 0 Å². The Morgan fingerprint density at radius 1 is 0.944 bits per heavy atom. The zero-order valence-electron chi connectivity index (χ0n) is 9.67. The summed E-state index contributed by atoms with van der Waals surface area (Å²) in [5.74, 6) is 0. The molecule has 2 aromatic heterocycles. The lowest BCUT2D eigenvalue weighted by Gasteiger charge is -2.03. The topological polar surface area (TPSA) is 33.6 Å². The van der Waals surface area contributed by atoms with Crippen LogP contribution in [0, 0.1) is 0 Å². The number of rotatable bonds is 1. The molecule has 0 aliphatic heterocycles. The molecule has 0 radical (unpaired) electrons. The van der Waals surface area contributed by atoms with Crippen LogP contribution in [0.1, 0.15) is 0 Å². The second-order valence-electron chi connectivity index (χ2n) is 4.34. The molecule has 2 aromatic carbocycles. The molecular formula is C15H11N3. The van der Waals surface area contributed by atoms with Gasteiger partial charge in [0.2, 0.25) is 0 Å². The van der Waals surface area contributed by atoms with E-state index < -0.39 is 0 Å². The van der Waals surface area contributed by atoms with Crippen molar-refractivity contribution in [3.05, 3.63) is 61.2 Å². The molecule has 0 atom stereocenters. The van der Waals surface area contributed by atoms with E-state index in [0.29, 0.717) is 0 Å². The van der Waals surface area contributed by atoms with Crippen molar-refractivity contribution in [1.82, 2.24) is 14.5 Å². The first kappa shape index (κ1) is 9.48. The van der Waals surface area contributed by atoms with Crippen LogP contribution in [0.2, 0.25) is 0 Å². The van der Waals surface area contributed by atoms with Crippen molar-refractivity contribution >= 4 is 21.8 Å². The number of aromatic nitrogens is 3. The average Bonchev–Trinajstić information content (AvgIpc) is 3.05. The number of H-pyrrole nitrogens is 1. The fourth-order valence-corrected chi connectivity index (χ4v) is 2.47. The van der Waals surface area contributed by atoms with E-state index in [1.54, 1.807) is 6.20 Å². The van der Waals surface area contributed by atoms with Crippen molar-refractivity contribution in [2.75, 3.05) is 0 Å². The van der Waals surface area contributed by atoms with Crippen LogP contribution in [0.3, 0.4) is 0 Å². The molecule has 18 heavy (non-hydrogen) atoms. The standard InChI is InChI=1S/C15H11N3/c1-2-6-13-11(4-1)12-5-3-7-14(15(12)17-13)18-9-8-16-10-18/h1-10,17H. The number of benzene rings is 2. The number of aromatic amines is 1. The Bertz CT molecular complexity index is 825. The van der Waals surface area contributed by atoms with Gasteiger partial charge >= 0.3 is 0 Å². The van der Waals surface area contributed by atoms with E-state index in [1.807, 2.05) is 17.1 Å². The SMILES string of the molecule is c1ccc2c(c1)[nH]c1c(-n3ccnc3)cccc12. The number of imidazole rings is 1. The molecule has 4 aromatic rings. The largest absolute Gasteiger partial charge is 0.353 e. The van der Waals surface area contributed by atoms with Gasteiger partial charge in [0.05, 0.1) is 17.5 Å². The smallest absolute Gasteiger partial charge is 0.0992 e. The molecule has 0 spiro atoms. The number of hydrogen-bond donors (Lipinski definition) is 1. The first-order valence-electron chi connectivity index (χ1n) is 5.91. The molecule has 0 bridgehead atoms. The number of fused-ring (bicyclic) bond motifs is 3. The third-order valence-corrected chi connectivity index (χ3v) is 3.30. The quantitative estimate of drug-likeness (QED) is 0.536. The first-order valence-corrected chi connectivity index (χ1v) is 5.91. The fraction of sp³-hybridized carbons (Fsp3) is 0. The van der Waals surface area contributed by atoms with Gasteiger partial charge in [-0.25, -0.2) is 4.98 Å². The number of nitrogens with zero attached hydrogens (tertiary/aromatic N) is 2. The van der Waals surface area contributed by atoms with Crippen LogP contribution in [0.25, 0.3) is 27.5 Å². The van der Waals surface area contributed by atoms with Crippen LogP contribution in [0.15, 0.2) is 61.2 Å². The van der Waals surface area contributed by atoms with E-state index in [-0.39, 0.29) is 0 Å². The Hall–Kier alpha value is -2.55. The molecule has 1 N–H and O–H groups in total. The van der Waals surface area contributed by atoms with E-state index in [2.05, 4.69) is 52.4 Å². The summed E-state index contributed by atoms with van der Waals surface area (Å²) in [6, 6.07) is 14.7. The van der Waals surface area contributed by atoms with E-state index >= 15 is 0 Å². The highest BCUT2D eigenvalue weighted by atomic mass is 15.0. The maximum atomic E-state index is 4.11. The third kappa shape index (κ3) is 1.21. The summed E-state index contributed by atoms with van der Waals surface area (Å²) >= 11 is 0. The molecule has 3 heteroatoms. The lowest BCUT2D eigenvalue weighted by molar-refractivity contribution is 1.06. The van der Waals surface area contributed by atoms with Gasteiger partial charge in [-0.3, -0.25) is 0 Å². The highest BCUT2D eigenvalue weighted by molar-refractivity contribution is 6.09. The summed E-state index contributed by atoms with van der Waals surface area (Å²) in [5.41, 5.74) is 3.44. The van der Waals surface area contributed by atoms with Crippen LogP contribution >= 0.6 is 0 Å². The van der Waals surface area contributed by atoms with Crippen molar-refractivity contribution < 1.29 is 0 Å². The highest BCUT2D eigenvalue weighted by Gasteiger charge is 2.07. The van der Waals surface area contributed by atoms with Gasteiger partial charge in [-0.2, -0.15) is 0 Å². The zero-order chi connectivity index (χ0) is 11.9. The van der Waals surface area contributed by atoms with Crippen LogP contribution in [0.5, 0.6) is 0 Å². The second-order valence-corrected chi connectivity index (χ2v) is 4.34. The van der Waals surface area contributed by atoms with Crippen molar-refractivity contribution in [2.45, 2.75) is 0 Å². The van der Waals surface area contributed by atoms with Crippen molar-refractivity contribution in [2.24, 2.45) is 0 Å². The molecule has 0 saturated heterocycles. The molecule has 4 rings (SSSR count). The molecule has 0 amide bonds.